The fourth-order valence-corrected chi connectivity index (χ4v) is 2.28. The van der Waals surface area contributed by atoms with Crippen molar-refractivity contribution in [1.82, 2.24) is 9.97 Å². The molecular weight excluding hydrogens is 322 g/mol. The second kappa shape index (κ2) is 8.43. The molecule has 0 radical (unpaired) electrons. The first kappa shape index (κ1) is 18.7. The molecule has 1 aromatic carbocycles. The molecule has 0 unspecified atom stereocenters. The zero-order chi connectivity index (χ0) is 18.3. The Bertz CT molecular complexity index is 702. The second-order valence-corrected chi connectivity index (χ2v) is 5.95. The van der Waals surface area contributed by atoms with Crippen LogP contribution in [0.2, 0.25) is 0 Å². The van der Waals surface area contributed by atoms with Crippen LogP contribution in [0.4, 0.5) is 4.79 Å². The minimum atomic E-state index is -0.834. The van der Waals surface area contributed by atoms with E-state index in [2.05, 4.69) is 9.97 Å². The SMILES string of the molecule is COCCCOc1cnc(-c2cccc(C(C)(C)OC(N)=O)c2)cn1. The normalized spacial score (nSPS) is 11.2. The number of nitrogens with zero attached hydrogens (tertiary/aromatic N) is 2. The number of rotatable bonds is 8. The average Bonchev–Trinajstić information content (AvgIpc) is 2.58. The number of nitrogens with two attached hydrogens (primary N) is 1. The van der Waals surface area contributed by atoms with Gasteiger partial charge in [0.15, 0.2) is 0 Å². The van der Waals surface area contributed by atoms with E-state index in [1.165, 1.54) is 0 Å². The van der Waals surface area contributed by atoms with Crippen LogP contribution in [-0.2, 0) is 15.1 Å². The van der Waals surface area contributed by atoms with Crippen molar-refractivity contribution in [3.05, 3.63) is 42.2 Å². The maximum atomic E-state index is 11.1. The number of methoxy groups -OCH3 is 1. The molecule has 0 fully saturated rings. The fourth-order valence-electron chi connectivity index (χ4n) is 2.28. The third-order valence-corrected chi connectivity index (χ3v) is 3.58. The van der Waals surface area contributed by atoms with Gasteiger partial charge in [-0.15, -0.1) is 0 Å². The molecule has 2 rings (SSSR count). The molecule has 7 heteroatoms. The molecule has 2 aromatic rings. The summed E-state index contributed by atoms with van der Waals surface area (Å²) in [7, 11) is 1.65. The largest absolute Gasteiger partial charge is 0.476 e. The Morgan fingerprint density at radius 3 is 2.64 bits per heavy atom. The molecule has 0 aliphatic rings. The molecule has 1 aromatic heterocycles. The molecule has 0 aliphatic heterocycles. The van der Waals surface area contributed by atoms with Gasteiger partial charge in [-0.25, -0.2) is 14.8 Å². The van der Waals surface area contributed by atoms with E-state index in [1.807, 2.05) is 24.3 Å². The van der Waals surface area contributed by atoms with Crippen LogP contribution in [0.15, 0.2) is 36.7 Å². The highest BCUT2D eigenvalue weighted by molar-refractivity contribution is 5.66. The molecule has 2 N–H and O–H groups in total. The summed E-state index contributed by atoms with van der Waals surface area (Å²) < 4.78 is 15.6. The summed E-state index contributed by atoms with van der Waals surface area (Å²) >= 11 is 0. The summed E-state index contributed by atoms with van der Waals surface area (Å²) in [6.07, 6.45) is 3.20. The molecule has 25 heavy (non-hydrogen) atoms. The van der Waals surface area contributed by atoms with Crippen LogP contribution >= 0.6 is 0 Å². The number of hydrogen-bond donors (Lipinski definition) is 1. The van der Waals surface area contributed by atoms with Gasteiger partial charge in [0.25, 0.3) is 0 Å². The van der Waals surface area contributed by atoms with Gasteiger partial charge in [-0.05, 0) is 25.5 Å². The maximum absolute atomic E-state index is 11.1. The van der Waals surface area contributed by atoms with Gasteiger partial charge in [-0.3, -0.25) is 0 Å². The van der Waals surface area contributed by atoms with Crippen LogP contribution in [-0.4, -0.2) is 36.4 Å². The molecule has 0 atom stereocenters. The van der Waals surface area contributed by atoms with Gasteiger partial charge in [0.05, 0.1) is 24.7 Å². The predicted octanol–water partition coefficient (Wildman–Crippen LogP) is 2.89. The van der Waals surface area contributed by atoms with Gasteiger partial charge < -0.3 is 19.9 Å². The minimum absolute atomic E-state index is 0.466. The Balaban J connectivity index is 2.11. The summed E-state index contributed by atoms with van der Waals surface area (Å²) in [5.74, 6) is 0.466. The molecule has 0 spiro atoms. The second-order valence-electron chi connectivity index (χ2n) is 5.95. The lowest BCUT2D eigenvalue weighted by molar-refractivity contribution is 0.0433. The number of aromatic nitrogens is 2. The van der Waals surface area contributed by atoms with E-state index in [1.54, 1.807) is 33.4 Å². The highest BCUT2D eigenvalue weighted by atomic mass is 16.6. The predicted molar refractivity (Wildman–Crippen MR) is 93.2 cm³/mol. The Labute approximate surface area is 147 Å². The van der Waals surface area contributed by atoms with E-state index < -0.39 is 11.7 Å². The van der Waals surface area contributed by atoms with Gasteiger partial charge >= 0.3 is 6.09 Å². The van der Waals surface area contributed by atoms with Crippen LogP contribution in [0.3, 0.4) is 0 Å². The fraction of sp³-hybridized carbons (Fsp3) is 0.389. The summed E-state index contributed by atoms with van der Waals surface area (Å²) in [5.41, 5.74) is 6.67. The van der Waals surface area contributed by atoms with Gasteiger partial charge in [0.1, 0.15) is 5.60 Å². The Hall–Kier alpha value is -2.67. The quantitative estimate of drug-likeness (QED) is 0.739. The topological polar surface area (TPSA) is 96.6 Å². The zero-order valence-electron chi connectivity index (χ0n) is 14.7. The molecule has 0 aliphatic carbocycles. The van der Waals surface area contributed by atoms with Gasteiger partial charge in [-0.2, -0.15) is 0 Å². The highest BCUT2D eigenvalue weighted by Crippen LogP contribution is 2.28. The number of carbonyl (C=O) groups excluding carboxylic acids is 1. The number of hydrogen-bond acceptors (Lipinski definition) is 6. The van der Waals surface area contributed by atoms with Crippen molar-refractivity contribution in [2.45, 2.75) is 25.9 Å². The van der Waals surface area contributed by atoms with Crippen LogP contribution in [0.1, 0.15) is 25.8 Å². The lowest BCUT2D eigenvalue weighted by atomic mass is 9.95. The third kappa shape index (κ3) is 5.42. The van der Waals surface area contributed by atoms with Crippen molar-refractivity contribution >= 4 is 6.09 Å². The monoisotopic (exact) mass is 345 g/mol. The van der Waals surface area contributed by atoms with Crippen molar-refractivity contribution in [3.8, 4) is 17.1 Å². The van der Waals surface area contributed by atoms with Crippen molar-refractivity contribution in [2.75, 3.05) is 20.3 Å². The maximum Gasteiger partial charge on any atom is 0.405 e. The molecule has 1 amide bonds. The van der Waals surface area contributed by atoms with E-state index in [9.17, 15) is 4.79 Å². The third-order valence-electron chi connectivity index (χ3n) is 3.58. The van der Waals surface area contributed by atoms with E-state index in [4.69, 9.17) is 19.9 Å². The molecule has 1 heterocycles. The average molecular weight is 345 g/mol. The first-order valence-corrected chi connectivity index (χ1v) is 7.95. The van der Waals surface area contributed by atoms with Crippen molar-refractivity contribution in [2.24, 2.45) is 5.73 Å². The molecule has 7 nitrogen and oxygen atoms in total. The van der Waals surface area contributed by atoms with Gasteiger partial charge in [0, 0.05) is 25.7 Å². The Kier molecular flexibility index (Phi) is 6.30. The number of benzene rings is 1. The Morgan fingerprint density at radius 2 is 2.00 bits per heavy atom. The number of primary amides is 1. The zero-order valence-corrected chi connectivity index (χ0v) is 14.7. The standard InChI is InChI=1S/C18H23N3O4/c1-18(2,25-17(19)22)14-7-4-6-13(10-14)15-11-21-16(12-20-15)24-9-5-8-23-3/h4,6-7,10-12H,5,8-9H2,1-3H3,(H2,19,22). The number of carbonyl (C=O) groups is 1. The molecule has 134 valence electrons. The van der Waals surface area contributed by atoms with E-state index in [0.29, 0.717) is 24.8 Å². The van der Waals surface area contributed by atoms with E-state index in [0.717, 1.165) is 17.5 Å². The molecule has 0 saturated heterocycles. The van der Waals surface area contributed by atoms with Crippen LogP contribution in [0.5, 0.6) is 5.88 Å². The van der Waals surface area contributed by atoms with Crippen molar-refractivity contribution < 1.29 is 19.0 Å². The molecule has 0 bridgehead atoms. The van der Waals surface area contributed by atoms with Crippen molar-refractivity contribution in [3.63, 3.8) is 0 Å². The molecular formula is C18H23N3O4. The van der Waals surface area contributed by atoms with E-state index in [-0.39, 0.29) is 0 Å². The van der Waals surface area contributed by atoms with E-state index >= 15 is 0 Å². The summed E-state index contributed by atoms with van der Waals surface area (Å²) in [6.45, 7) is 4.72. The Morgan fingerprint density at radius 1 is 1.20 bits per heavy atom. The first-order valence-electron chi connectivity index (χ1n) is 7.95. The lowest BCUT2D eigenvalue weighted by Gasteiger charge is -2.24. The van der Waals surface area contributed by atoms with Gasteiger partial charge in [0.2, 0.25) is 5.88 Å². The van der Waals surface area contributed by atoms with Crippen LogP contribution < -0.4 is 10.5 Å². The summed E-state index contributed by atoms with van der Waals surface area (Å²) in [4.78, 5) is 19.7. The summed E-state index contributed by atoms with van der Waals surface area (Å²) in [6, 6.07) is 7.54. The van der Waals surface area contributed by atoms with Crippen LogP contribution in [0, 0.1) is 0 Å². The van der Waals surface area contributed by atoms with Gasteiger partial charge in [-0.1, -0.05) is 18.2 Å². The highest BCUT2D eigenvalue weighted by Gasteiger charge is 2.24. The lowest BCUT2D eigenvalue weighted by Crippen LogP contribution is -2.28. The van der Waals surface area contributed by atoms with Crippen LogP contribution in [0.25, 0.3) is 11.3 Å². The molecule has 0 saturated carbocycles. The minimum Gasteiger partial charge on any atom is -0.476 e. The smallest absolute Gasteiger partial charge is 0.405 e. The number of ether oxygens (including phenoxy) is 3. The van der Waals surface area contributed by atoms with Crippen molar-refractivity contribution in [1.29, 1.82) is 0 Å². The number of amides is 1. The summed E-state index contributed by atoms with van der Waals surface area (Å²) in [5, 5.41) is 0. The first-order chi connectivity index (χ1) is 11.9.